The molecule has 0 heterocycles. The van der Waals surface area contributed by atoms with E-state index in [0.29, 0.717) is 0 Å². The molecule has 0 bridgehead atoms. The summed E-state index contributed by atoms with van der Waals surface area (Å²) in [7, 11) is 0. The largest absolute Gasteiger partial charge is 0.103 e. The van der Waals surface area contributed by atoms with E-state index in [1.165, 1.54) is 32.7 Å². The molecular weight excluding hydrogens is 240 g/mol. The van der Waals surface area contributed by atoms with Gasteiger partial charge in [-0.2, -0.15) is 0 Å². The average molecular weight is 258 g/mol. The minimum absolute atomic E-state index is 0.923. The molecule has 0 saturated carbocycles. The normalized spacial score (nSPS) is 10.8. The molecule has 0 unspecified atom stereocenters. The summed E-state index contributed by atoms with van der Waals surface area (Å²) in [5.41, 5.74) is 2.63. The SMILES string of the molecule is C=CCc1ccc2cc3cc(CC=C)ccc3cc2c1. The summed E-state index contributed by atoms with van der Waals surface area (Å²) < 4.78 is 0. The number of rotatable bonds is 4. The first-order valence-electron chi connectivity index (χ1n) is 6.97. The van der Waals surface area contributed by atoms with Gasteiger partial charge in [0.25, 0.3) is 0 Å². The Morgan fingerprint density at radius 2 is 1.05 bits per heavy atom. The molecule has 20 heavy (non-hydrogen) atoms. The van der Waals surface area contributed by atoms with E-state index in [0.717, 1.165) is 12.8 Å². The second-order valence-corrected chi connectivity index (χ2v) is 5.20. The van der Waals surface area contributed by atoms with E-state index in [4.69, 9.17) is 0 Å². The topological polar surface area (TPSA) is 0 Å². The van der Waals surface area contributed by atoms with Gasteiger partial charge in [-0.3, -0.25) is 0 Å². The van der Waals surface area contributed by atoms with Crippen molar-refractivity contribution < 1.29 is 0 Å². The van der Waals surface area contributed by atoms with Crippen LogP contribution in [0.5, 0.6) is 0 Å². The molecule has 0 radical (unpaired) electrons. The van der Waals surface area contributed by atoms with Crippen molar-refractivity contribution in [3.8, 4) is 0 Å². The van der Waals surface area contributed by atoms with Crippen LogP contribution in [0.2, 0.25) is 0 Å². The Bertz CT molecular complexity index is 724. The fourth-order valence-corrected chi connectivity index (χ4v) is 2.68. The summed E-state index contributed by atoms with van der Waals surface area (Å²) >= 11 is 0. The van der Waals surface area contributed by atoms with Crippen LogP contribution in [-0.4, -0.2) is 0 Å². The van der Waals surface area contributed by atoms with Crippen molar-refractivity contribution in [2.24, 2.45) is 0 Å². The highest BCUT2D eigenvalue weighted by Gasteiger charge is 2.01. The number of benzene rings is 3. The van der Waals surface area contributed by atoms with Gasteiger partial charge < -0.3 is 0 Å². The highest BCUT2D eigenvalue weighted by molar-refractivity contribution is 5.98. The summed E-state index contributed by atoms with van der Waals surface area (Å²) in [4.78, 5) is 0. The van der Waals surface area contributed by atoms with E-state index in [9.17, 15) is 0 Å². The molecule has 0 aliphatic heterocycles. The van der Waals surface area contributed by atoms with Gasteiger partial charge in [-0.05, 0) is 57.6 Å². The summed E-state index contributed by atoms with van der Waals surface area (Å²) in [6.45, 7) is 7.61. The van der Waals surface area contributed by atoms with Crippen LogP contribution >= 0.6 is 0 Å². The molecule has 0 amide bonds. The highest BCUT2D eigenvalue weighted by Crippen LogP contribution is 2.25. The van der Waals surface area contributed by atoms with Gasteiger partial charge in [0, 0.05) is 0 Å². The number of fused-ring (bicyclic) bond motifs is 2. The molecule has 98 valence electrons. The lowest BCUT2D eigenvalue weighted by Crippen LogP contribution is -1.84. The predicted octanol–water partition coefficient (Wildman–Crippen LogP) is 5.45. The van der Waals surface area contributed by atoms with E-state index in [-0.39, 0.29) is 0 Å². The zero-order valence-electron chi connectivity index (χ0n) is 11.6. The lowest BCUT2D eigenvalue weighted by atomic mass is 9.99. The fraction of sp³-hybridized carbons (Fsp3) is 0.100. The van der Waals surface area contributed by atoms with Crippen LogP contribution in [0.25, 0.3) is 21.5 Å². The number of hydrogen-bond acceptors (Lipinski definition) is 0. The molecule has 0 heteroatoms. The summed E-state index contributed by atoms with van der Waals surface area (Å²) in [6, 6.07) is 17.8. The second-order valence-electron chi connectivity index (χ2n) is 5.20. The molecule has 0 aliphatic carbocycles. The zero-order chi connectivity index (χ0) is 13.9. The van der Waals surface area contributed by atoms with Gasteiger partial charge in [-0.1, -0.05) is 48.6 Å². The lowest BCUT2D eigenvalue weighted by molar-refractivity contribution is 1.29. The minimum Gasteiger partial charge on any atom is -0.103 e. The standard InChI is InChI=1S/C20H18/c1-3-5-15-7-9-17-14-20-12-16(6-4-2)8-10-18(20)13-19(17)11-15/h3-4,7-14H,1-2,5-6H2. The van der Waals surface area contributed by atoms with E-state index in [1.54, 1.807) is 0 Å². The third-order valence-electron chi connectivity index (χ3n) is 3.68. The van der Waals surface area contributed by atoms with Crippen LogP contribution in [0, 0.1) is 0 Å². The maximum Gasteiger partial charge on any atom is -0.00999 e. The molecule has 0 saturated heterocycles. The molecule has 0 fully saturated rings. The van der Waals surface area contributed by atoms with Crippen molar-refractivity contribution in [1.82, 2.24) is 0 Å². The molecule has 0 N–H and O–H groups in total. The monoisotopic (exact) mass is 258 g/mol. The Hall–Kier alpha value is -2.34. The minimum atomic E-state index is 0.923. The van der Waals surface area contributed by atoms with E-state index in [1.807, 2.05) is 12.2 Å². The second kappa shape index (κ2) is 5.34. The van der Waals surface area contributed by atoms with Crippen LogP contribution < -0.4 is 0 Å². The zero-order valence-corrected chi connectivity index (χ0v) is 11.6. The maximum atomic E-state index is 3.81. The first-order chi connectivity index (χ1) is 9.80. The lowest BCUT2D eigenvalue weighted by Gasteiger charge is -2.06. The van der Waals surface area contributed by atoms with Gasteiger partial charge in [0.1, 0.15) is 0 Å². The van der Waals surface area contributed by atoms with Crippen molar-refractivity contribution in [2.45, 2.75) is 12.8 Å². The van der Waals surface area contributed by atoms with Crippen LogP contribution in [0.3, 0.4) is 0 Å². The number of hydrogen-bond donors (Lipinski definition) is 0. The highest BCUT2D eigenvalue weighted by atomic mass is 14.1. The van der Waals surface area contributed by atoms with Crippen molar-refractivity contribution in [1.29, 1.82) is 0 Å². The Morgan fingerprint density at radius 1 is 0.600 bits per heavy atom. The first kappa shape index (κ1) is 12.7. The van der Waals surface area contributed by atoms with Crippen LogP contribution in [0.4, 0.5) is 0 Å². The summed E-state index contributed by atoms with van der Waals surface area (Å²) in [6.07, 6.45) is 5.74. The van der Waals surface area contributed by atoms with Gasteiger partial charge in [-0.25, -0.2) is 0 Å². The van der Waals surface area contributed by atoms with Crippen molar-refractivity contribution in [3.63, 3.8) is 0 Å². The predicted molar refractivity (Wildman–Crippen MR) is 89.3 cm³/mol. The molecule has 0 nitrogen and oxygen atoms in total. The fourth-order valence-electron chi connectivity index (χ4n) is 2.68. The van der Waals surface area contributed by atoms with Crippen molar-refractivity contribution in [3.05, 3.63) is 85.0 Å². The Balaban J connectivity index is 2.17. The number of allylic oxidation sites excluding steroid dienone is 2. The third-order valence-corrected chi connectivity index (χ3v) is 3.68. The Kier molecular flexibility index (Phi) is 3.39. The molecule has 0 spiro atoms. The van der Waals surface area contributed by atoms with Crippen LogP contribution in [0.15, 0.2) is 73.8 Å². The molecular formula is C20H18. The van der Waals surface area contributed by atoms with Crippen molar-refractivity contribution >= 4 is 21.5 Å². The summed E-state index contributed by atoms with van der Waals surface area (Å²) in [5, 5.41) is 5.18. The first-order valence-corrected chi connectivity index (χ1v) is 6.97. The maximum absolute atomic E-state index is 3.81. The van der Waals surface area contributed by atoms with E-state index in [2.05, 4.69) is 61.7 Å². The Labute approximate surface area is 120 Å². The molecule has 3 rings (SSSR count). The van der Waals surface area contributed by atoms with E-state index < -0.39 is 0 Å². The van der Waals surface area contributed by atoms with Gasteiger partial charge in [0.15, 0.2) is 0 Å². The quantitative estimate of drug-likeness (QED) is 0.431. The van der Waals surface area contributed by atoms with Gasteiger partial charge in [-0.15, -0.1) is 13.2 Å². The van der Waals surface area contributed by atoms with Crippen molar-refractivity contribution in [2.75, 3.05) is 0 Å². The van der Waals surface area contributed by atoms with Gasteiger partial charge in [0.2, 0.25) is 0 Å². The van der Waals surface area contributed by atoms with Gasteiger partial charge >= 0.3 is 0 Å². The van der Waals surface area contributed by atoms with Gasteiger partial charge in [0.05, 0.1) is 0 Å². The third kappa shape index (κ3) is 2.37. The van der Waals surface area contributed by atoms with Crippen LogP contribution in [0.1, 0.15) is 11.1 Å². The summed E-state index contributed by atoms with van der Waals surface area (Å²) in [5.74, 6) is 0. The molecule has 3 aromatic rings. The smallest absolute Gasteiger partial charge is 0.00999 e. The molecule has 0 aliphatic rings. The van der Waals surface area contributed by atoms with Crippen LogP contribution in [-0.2, 0) is 12.8 Å². The average Bonchev–Trinajstić information content (AvgIpc) is 2.46. The Morgan fingerprint density at radius 3 is 1.45 bits per heavy atom. The molecule has 3 aromatic carbocycles. The van der Waals surface area contributed by atoms with E-state index >= 15 is 0 Å². The molecule has 0 atom stereocenters. The molecule has 0 aromatic heterocycles.